The predicted molar refractivity (Wildman–Crippen MR) is 150 cm³/mol. The summed E-state index contributed by atoms with van der Waals surface area (Å²) in [6.07, 6.45) is 1.87. The quantitative estimate of drug-likeness (QED) is 0.189. The Morgan fingerprint density at radius 3 is 1.78 bits per heavy atom. The van der Waals surface area contributed by atoms with E-state index in [2.05, 4.69) is 124 Å². The van der Waals surface area contributed by atoms with Gasteiger partial charge in [-0.1, -0.05) is 78.4 Å². The topological polar surface area (TPSA) is 29.5 Å². The van der Waals surface area contributed by atoms with Crippen molar-refractivity contribution in [3.63, 3.8) is 0 Å². The van der Waals surface area contributed by atoms with Gasteiger partial charge in [-0.05, 0) is 79.8 Å². The first-order valence-corrected chi connectivity index (χ1v) is 12.3. The zero-order chi connectivity index (χ0) is 25.7. The lowest BCUT2D eigenvalue weighted by Gasteiger charge is -2.29. The normalized spacial score (nSPS) is 10.7. The number of hydrogen-bond acceptors (Lipinski definition) is 3. The van der Waals surface area contributed by atoms with Crippen LogP contribution in [0.1, 0.15) is 27.8 Å². The third-order valence-electron chi connectivity index (χ3n) is 6.37. The molecule has 0 unspecified atom stereocenters. The molecule has 0 aliphatic rings. The molecule has 0 aliphatic carbocycles. The number of aryl methyl sites for hydroxylation is 4. The number of nitrogens with zero attached hydrogens (tertiary/aromatic N) is 1. The highest BCUT2D eigenvalue weighted by Crippen LogP contribution is 2.39. The molecule has 36 heavy (non-hydrogen) atoms. The number of carbonyl (C=O) groups excluding carboxylic acids is 1. The molecule has 0 saturated carbocycles. The molecule has 0 fully saturated rings. The van der Waals surface area contributed by atoms with Crippen LogP contribution in [-0.2, 0) is 16.0 Å². The van der Waals surface area contributed by atoms with Gasteiger partial charge >= 0.3 is 5.97 Å². The highest BCUT2D eigenvalue weighted by molar-refractivity contribution is 5.82. The van der Waals surface area contributed by atoms with E-state index in [0.717, 1.165) is 28.1 Å². The van der Waals surface area contributed by atoms with E-state index in [1.54, 1.807) is 0 Å². The molecule has 0 aromatic heterocycles. The van der Waals surface area contributed by atoms with Crippen molar-refractivity contribution < 1.29 is 9.53 Å². The van der Waals surface area contributed by atoms with Gasteiger partial charge in [0.2, 0.25) is 0 Å². The van der Waals surface area contributed by atoms with Crippen molar-refractivity contribution in [3.8, 4) is 11.1 Å². The first kappa shape index (κ1) is 25.0. The fourth-order valence-electron chi connectivity index (χ4n) is 4.62. The summed E-state index contributed by atoms with van der Waals surface area (Å²) in [6.45, 7) is 12.4. The molecule has 3 nitrogen and oxygen atoms in total. The first-order chi connectivity index (χ1) is 17.4. The third-order valence-corrected chi connectivity index (χ3v) is 6.37. The van der Waals surface area contributed by atoms with Gasteiger partial charge in [0.25, 0.3) is 0 Å². The molecule has 4 aromatic rings. The molecule has 0 amide bonds. The van der Waals surface area contributed by atoms with E-state index < -0.39 is 0 Å². The molecule has 182 valence electrons. The summed E-state index contributed by atoms with van der Waals surface area (Å²) < 4.78 is 5.09. The molecular formula is C33H33NO2. The Kier molecular flexibility index (Phi) is 7.70. The van der Waals surface area contributed by atoms with Gasteiger partial charge in [0, 0.05) is 23.9 Å². The maximum Gasteiger partial charge on any atom is 0.330 e. The maximum absolute atomic E-state index is 11.2. The van der Waals surface area contributed by atoms with Crippen LogP contribution in [0.2, 0.25) is 0 Å². The molecule has 0 atom stereocenters. The zero-order valence-corrected chi connectivity index (χ0v) is 21.5. The summed E-state index contributed by atoms with van der Waals surface area (Å²) in [7, 11) is 0. The summed E-state index contributed by atoms with van der Waals surface area (Å²) in [5.74, 6) is -0.387. The molecule has 0 aliphatic heterocycles. The average molecular weight is 476 g/mol. The van der Waals surface area contributed by atoms with Crippen LogP contribution >= 0.6 is 0 Å². The van der Waals surface area contributed by atoms with Crippen LogP contribution < -0.4 is 4.90 Å². The Hall–Kier alpha value is -4.11. The average Bonchev–Trinajstić information content (AvgIpc) is 2.87. The van der Waals surface area contributed by atoms with E-state index in [9.17, 15) is 4.79 Å². The van der Waals surface area contributed by atoms with Crippen molar-refractivity contribution in [1.82, 2.24) is 0 Å². The summed E-state index contributed by atoms with van der Waals surface area (Å²) in [5.41, 5.74) is 12.0. The molecule has 0 spiro atoms. The third kappa shape index (κ3) is 5.75. The predicted octanol–water partition coefficient (Wildman–Crippen LogP) is 8.33. The molecule has 4 aromatic carbocycles. The minimum Gasteiger partial charge on any atom is -0.462 e. The monoisotopic (exact) mass is 475 g/mol. The van der Waals surface area contributed by atoms with E-state index in [4.69, 9.17) is 4.74 Å². The second-order valence-electron chi connectivity index (χ2n) is 9.28. The van der Waals surface area contributed by atoms with Gasteiger partial charge in [-0.3, -0.25) is 0 Å². The lowest BCUT2D eigenvalue weighted by Crippen LogP contribution is -2.13. The van der Waals surface area contributed by atoms with E-state index in [-0.39, 0.29) is 5.97 Å². The van der Waals surface area contributed by atoms with Crippen LogP contribution in [0, 0.1) is 27.7 Å². The van der Waals surface area contributed by atoms with E-state index in [1.807, 2.05) is 0 Å². The van der Waals surface area contributed by atoms with Crippen LogP contribution in [0.5, 0.6) is 0 Å². The molecule has 0 bridgehead atoms. The SMILES string of the molecule is C=CC(=O)OCCc1ccc(-c2ccc(N(c3ccc(C)cc3)c3c(C)cc(C)cc3C)cc2)cc1. The summed E-state index contributed by atoms with van der Waals surface area (Å²) in [4.78, 5) is 13.6. The minimum absolute atomic E-state index is 0.353. The van der Waals surface area contributed by atoms with Crippen molar-refractivity contribution >= 4 is 23.0 Å². The highest BCUT2D eigenvalue weighted by atomic mass is 16.5. The van der Waals surface area contributed by atoms with Gasteiger partial charge in [-0.2, -0.15) is 0 Å². The second kappa shape index (κ2) is 11.1. The number of rotatable bonds is 8. The summed E-state index contributed by atoms with van der Waals surface area (Å²) >= 11 is 0. The van der Waals surface area contributed by atoms with Crippen LogP contribution in [0.4, 0.5) is 17.1 Å². The Balaban J connectivity index is 1.62. The summed E-state index contributed by atoms with van der Waals surface area (Å²) in [5, 5.41) is 0. The molecule has 0 radical (unpaired) electrons. The van der Waals surface area contributed by atoms with Crippen LogP contribution in [-0.4, -0.2) is 12.6 Å². The molecule has 0 saturated heterocycles. The molecule has 0 heterocycles. The fourth-order valence-corrected chi connectivity index (χ4v) is 4.62. The van der Waals surface area contributed by atoms with Crippen LogP contribution in [0.3, 0.4) is 0 Å². The van der Waals surface area contributed by atoms with Gasteiger partial charge < -0.3 is 9.64 Å². The Morgan fingerprint density at radius 2 is 1.25 bits per heavy atom. The smallest absolute Gasteiger partial charge is 0.330 e. The Morgan fingerprint density at radius 1 is 0.750 bits per heavy atom. The molecule has 0 N–H and O–H groups in total. The van der Waals surface area contributed by atoms with Crippen LogP contribution in [0.25, 0.3) is 11.1 Å². The molecule has 4 rings (SSSR count). The number of ether oxygens (including phenoxy) is 1. The number of benzene rings is 4. The van der Waals surface area contributed by atoms with E-state index in [0.29, 0.717) is 13.0 Å². The fraction of sp³-hybridized carbons (Fsp3) is 0.182. The lowest BCUT2D eigenvalue weighted by molar-refractivity contribution is -0.137. The van der Waals surface area contributed by atoms with Crippen molar-refractivity contribution in [3.05, 3.63) is 125 Å². The standard InChI is InChI=1S/C33H33NO2/c1-6-32(35)36-20-19-27-9-11-28(12-10-27)29-13-17-31(18-14-29)34(30-15-7-23(2)8-16-30)33-25(4)21-24(3)22-26(33)5/h6-18,21-22H,1,19-20H2,2-5H3. The number of carbonyl (C=O) groups is 1. The maximum atomic E-state index is 11.2. The van der Waals surface area contributed by atoms with Gasteiger partial charge in [-0.25, -0.2) is 4.79 Å². The Labute approximate surface area is 214 Å². The second-order valence-corrected chi connectivity index (χ2v) is 9.28. The molecular weight excluding hydrogens is 442 g/mol. The highest BCUT2D eigenvalue weighted by Gasteiger charge is 2.17. The van der Waals surface area contributed by atoms with Gasteiger partial charge in [0.05, 0.1) is 12.3 Å². The number of hydrogen-bond donors (Lipinski definition) is 0. The van der Waals surface area contributed by atoms with Crippen LogP contribution in [0.15, 0.2) is 97.6 Å². The van der Waals surface area contributed by atoms with Crippen molar-refractivity contribution in [2.24, 2.45) is 0 Å². The molecule has 3 heteroatoms. The largest absolute Gasteiger partial charge is 0.462 e. The Bertz CT molecular complexity index is 1330. The van der Waals surface area contributed by atoms with E-state index in [1.165, 1.54) is 34.0 Å². The zero-order valence-electron chi connectivity index (χ0n) is 21.5. The van der Waals surface area contributed by atoms with Crippen molar-refractivity contribution in [1.29, 1.82) is 0 Å². The first-order valence-electron chi connectivity index (χ1n) is 12.3. The van der Waals surface area contributed by atoms with Crippen molar-refractivity contribution in [2.75, 3.05) is 11.5 Å². The van der Waals surface area contributed by atoms with Gasteiger partial charge in [-0.15, -0.1) is 0 Å². The van der Waals surface area contributed by atoms with Gasteiger partial charge in [0.1, 0.15) is 0 Å². The van der Waals surface area contributed by atoms with Crippen molar-refractivity contribution in [2.45, 2.75) is 34.1 Å². The number of esters is 1. The van der Waals surface area contributed by atoms with Gasteiger partial charge in [0.15, 0.2) is 0 Å². The summed E-state index contributed by atoms with van der Waals surface area (Å²) in [6, 6.07) is 30.3. The number of anilines is 3. The minimum atomic E-state index is -0.387. The lowest BCUT2D eigenvalue weighted by atomic mass is 10.0. The van der Waals surface area contributed by atoms with E-state index >= 15 is 0 Å².